The van der Waals surface area contributed by atoms with Crippen molar-refractivity contribution in [2.24, 2.45) is 16.8 Å². The van der Waals surface area contributed by atoms with Crippen molar-refractivity contribution < 1.29 is 0 Å². The lowest BCUT2D eigenvalue weighted by Gasteiger charge is -2.15. The van der Waals surface area contributed by atoms with Gasteiger partial charge in [-0.15, -0.1) is 0 Å². The number of hydrazone groups is 1. The van der Waals surface area contributed by atoms with Crippen molar-refractivity contribution >= 4 is 5.84 Å². The highest BCUT2D eigenvalue weighted by atomic mass is 15.4. The Morgan fingerprint density at radius 1 is 1.60 bits per heavy atom. The molecule has 0 bridgehead atoms. The van der Waals surface area contributed by atoms with Gasteiger partial charge in [0, 0.05) is 6.54 Å². The molecule has 0 spiro atoms. The second-order valence-corrected chi connectivity index (χ2v) is 2.22. The van der Waals surface area contributed by atoms with Crippen molar-refractivity contribution in [1.29, 1.82) is 0 Å². The first-order valence-electron chi connectivity index (χ1n) is 3.49. The predicted octanol–water partition coefficient (Wildman–Crippen LogP) is 0.254. The molecule has 0 atom stereocenters. The third-order valence-corrected chi connectivity index (χ3v) is 1.36. The number of nitrogens with two attached hydrogens (primary N) is 2. The van der Waals surface area contributed by atoms with Gasteiger partial charge in [-0.1, -0.05) is 13.3 Å². The van der Waals surface area contributed by atoms with E-state index in [1.54, 1.807) is 11.9 Å². The summed E-state index contributed by atoms with van der Waals surface area (Å²) in [6, 6.07) is 0. The third kappa shape index (κ3) is 3.29. The highest BCUT2D eigenvalue weighted by Crippen LogP contribution is 1.89. The van der Waals surface area contributed by atoms with Crippen LogP contribution in [0.4, 0.5) is 0 Å². The van der Waals surface area contributed by atoms with Crippen LogP contribution in [-0.4, -0.2) is 17.4 Å². The van der Waals surface area contributed by atoms with Crippen LogP contribution in [0.5, 0.6) is 0 Å². The van der Waals surface area contributed by atoms with Gasteiger partial charge >= 0.3 is 0 Å². The molecular formula is C6H16N4. The number of amidine groups is 1. The van der Waals surface area contributed by atoms with E-state index in [0.29, 0.717) is 5.84 Å². The zero-order valence-electron chi connectivity index (χ0n) is 6.67. The maximum absolute atomic E-state index is 5.54. The van der Waals surface area contributed by atoms with Crippen LogP contribution in [0.1, 0.15) is 26.7 Å². The number of hydrogen-bond donors (Lipinski definition) is 2. The first-order chi connectivity index (χ1) is 4.72. The molecule has 0 aromatic rings. The van der Waals surface area contributed by atoms with Crippen LogP contribution in [0.25, 0.3) is 0 Å². The fourth-order valence-electron chi connectivity index (χ4n) is 0.564. The minimum Gasteiger partial charge on any atom is -0.322 e. The topological polar surface area (TPSA) is 67.6 Å². The van der Waals surface area contributed by atoms with Gasteiger partial charge in [0.05, 0.1) is 0 Å². The van der Waals surface area contributed by atoms with E-state index in [9.17, 15) is 0 Å². The van der Waals surface area contributed by atoms with Crippen LogP contribution < -0.4 is 11.7 Å². The van der Waals surface area contributed by atoms with E-state index >= 15 is 0 Å². The summed E-state index contributed by atoms with van der Waals surface area (Å²) in [4.78, 5) is 0. The Bertz CT molecular complexity index is 110. The number of hydrogen-bond acceptors (Lipinski definition) is 3. The van der Waals surface area contributed by atoms with Crippen molar-refractivity contribution in [3.8, 4) is 0 Å². The Labute approximate surface area is 61.8 Å². The molecule has 0 aromatic heterocycles. The molecule has 60 valence electrons. The second-order valence-electron chi connectivity index (χ2n) is 2.22. The Balaban J connectivity index is 3.51. The van der Waals surface area contributed by atoms with E-state index in [4.69, 9.17) is 11.7 Å². The molecule has 0 fully saturated rings. The van der Waals surface area contributed by atoms with E-state index in [2.05, 4.69) is 12.0 Å². The van der Waals surface area contributed by atoms with Crippen LogP contribution in [-0.2, 0) is 0 Å². The number of rotatable bonds is 3. The van der Waals surface area contributed by atoms with Gasteiger partial charge in [-0.3, -0.25) is 5.01 Å². The van der Waals surface area contributed by atoms with Crippen LogP contribution in [0.2, 0.25) is 0 Å². The first kappa shape index (κ1) is 9.23. The van der Waals surface area contributed by atoms with Gasteiger partial charge < -0.3 is 5.84 Å². The SMILES string of the molecule is CCCCN(N)/C(C)=N\N. The molecule has 0 radical (unpaired) electrons. The third-order valence-electron chi connectivity index (χ3n) is 1.36. The lowest BCUT2D eigenvalue weighted by atomic mass is 10.3. The monoisotopic (exact) mass is 144 g/mol. The molecule has 0 heterocycles. The van der Waals surface area contributed by atoms with Crippen LogP contribution in [0, 0.1) is 0 Å². The van der Waals surface area contributed by atoms with Crippen molar-refractivity contribution in [3.63, 3.8) is 0 Å². The van der Waals surface area contributed by atoms with Gasteiger partial charge in [0.1, 0.15) is 5.84 Å². The molecule has 0 aliphatic heterocycles. The molecule has 0 unspecified atom stereocenters. The highest BCUT2D eigenvalue weighted by molar-refractivity contribution is 5.78. The molecular weight excluding hydrogens is 128 g/mol. The van der Waals surface area contributed by atoms with E-state index in [1.165, 1.54) is 0 Å². The number of unbranched alkanes of at least 4 members (excludes halogenated alkanes) is 1. The Morgan fingerprint density at radius 2 is 2.20 bits per heavy atom. The second kappa shape index (κ2) is 5.05. The summed E-state index contributed by atoms with van der Waals surface area (Å²) in [7, 11) is 0. The van der Waals surface area contributed by atoms with Gasteiger partial charge in [0.15, 0.2) is 0 Å². The molecule has 0 aromatic carbocycles. The molecule has 0 rings (SSSR count). The first-order valence-corrected chi connectivity index (χ1v) is 3.49. The van der Waals surface area contributed by atoms with Gasteiger partial charge in [0.2, 0.25) is 0 Å². The molecule has 10 heavy (non-hydrogen) atoms. The molecule has 4 heteroatoms. The summed E-state index contributed by atoms with van der Waals surface area (Å²) in [5.74, 6) is 11.2. The zero-order chi connectivity index (χ0) is 7.98. The Hall–Kier alpha value is -0.770. The highest BCUT2D eigenvalue weighted by Gasteiger charge is 1.97. The van der Waals surface area contributed by atoms with Crippen LogP contribution in [0.3, 0.4) is 0 Å². The minimum absolute atomic E-state index is 0.674. The Morgan fingerprint density at radius 3 is 2.60 bits per heavy atom. The van der Waals surface area contributed by atoms with E-state index in [-0.39, 0.29) is 0 Å². The summed E-state index contributed by atoms with van der Waals surface area (Å²) < 4.78 is 0. The summed E-state index contributed by atoms with van der Waals surface area (Å²) in [6.07, 6.45) is 2.20. The van der Waals surface area contributed by atoms with Gasteiger partial charge in [-0.05, 0) is 13.3 Å². The molecule has 0 saturated carbocycles. The van der Waals surface area contributed by atoms with E-state index in [0.717, 1.165) is 19.4 Å². The summed E-state index contributed by atoms with van der Waals surface area (Å²) in [5, 5.41) is 5.02. The fraction of sp³-hybridized carbons (Fsp3) is 0.833. The molecule has 4 nitrogen and oxygen atoms in total. The summed E-state index contributed by atoms with van der Waals surface area (Å²) in [5.41, 5.74) is 0. The maximum atomic E-state index is 5.54. The number of nitrogens with zero attached hydrogens (tertiary/aromatic N) is 2. The smallest absolute Gasteiger partial charge is 0.135 e. The van der Waals surface area contributed by atoms with Crippen LogP contribution in [0.15, 0.2) is 5.10 Å². The maximum Gasteiger partial charge on any atom is 0.135 e. The molecule has 4 N–H and O–H groups in total. The van der Waals surface area contributed by atoms with E-state index in [1.807, 2.05) is 0 Å². The molecule has 0 amide bonds. The summed E-state index contributed by atoms with van der Waals surface area (Å²) >= 11 is 0. The minimum atomic E-state index is 0.674. The largest absolute Gasteiger partial charge is 0.322 e. The standard InChI is InChI=1S/C6H16N4/c1-3-4-5-10(8)6(2)9-7/h3-5,7-8H2,1-2H3/b9-6-. The zero-order valence-corrected chi connectivity index (χ0v) is 6.67. The lowest BCUT2D eigenvalue weighted by Crippen LogP contribution is -2.37. The van der Waals surface area contributed by atoms with Crippen LogP contribution >= 0.6 is 0 Å². The normalized spacial score (nSPS) is 11.7. The predicted molar refractivity (Wildman–Crippen MR) is 43.1 cm³/mol. The number of hydrazine groups is 1. The molecule has 0 saturated heterocycles. The van der Waals surface area contributed by atoms with Crippen molar-refractivity contribution in [2.45, 2.75) is 26.7 Å². The fourth-order valence-corrected chi connectivity index (χ4v) is 0.564. The van der Waals surface area contributed by atoms with Crippen molar-refractivity contribution in [3.05, 3.63) is 0 Å². The van der Waals surface area contributed by atoms with Crippen molar-refractivity contribution in [2.75, 3.05) is 6.54 Å². The lowest BCUT2D eigenvalue weighted by molar-refractivity contribution is 0.423. The van der Waals surface area contributed by atoms with Gasteiger partial charge in [-0.25, -0.2) is 5.84 Å². The average Bonchev–Trinajstić information content (AvgIpc) is 1.98. The molecule has 0 aliphatic rings. The van der Waals surface area contributed by atoms with Gasteiger partial charge in [-0.2, -0.15) is 5.10 Å². The summed E-state index contributed by atoms with van der Waals surface area (Å²) in [6.45, 7) is 4.72. The quantitative estimate of drug-likeness (QED) is 0.258. The average molecular weight is 144 g/mol. The van der Waals surface area contributed by atoms with E-state index < -0.39 is 0 Å². The van der Waals surface area contributed by atoms with Gasteiger partial charge in [0.25, 0.3) is 0 Å². The molecule has 0 aliphatic carbocycles. The van der Waals surface area contributed by atoms with Crippen molar-refractivity contribution in [1.82, 2.24) is 5.01 Å². The Kier molecular flexibility index (Phi) is 4.66.